The molecule has 0 radical (unpaired) electrons. The van der Waals surface area contributed by atoms with Gasteiger partial charge >= 0.3 is 0 Å². The van der Waals surface area contributed by atoms with Crippen molar-refractivity contribution in [1.82, 2.24) is 14.9 Å². The molecule has 0 amide bonds. The first kappa shape index (κ1) is 11.3. The van der Waals surface area contributed by atoms with E-state index in [0.29, 0.717) is 5.92 Å². The predicted molar refractivity (Wildman–Crippen MR) is 65.8 cm³/mol. The number of nitrogens with zero attached hydrogens (tertiary/aromatic N) is 3. The van der Waals surface area contributed by atoms with Crippen molar-refractivity contribution >= 4 is 5.82 Å². The lowest BCUT2D eigenvalue weighted by atomic mass is 9.96. The lowest BCUT2D eigenvalue weighted by Gasteiger charge is -2.28. The third-order valence-electron chi connectivity index (χ3n) is 3.21. The number of aromatic nitrogens is 2. The van der Waals surface area contributed by atoms with Gasteiger partial charge in [0.25, 0.3) is 0 Å². The molecule has 16 heavy (non-hydrogen) atoms. The topological polar surface area (TPSA) is 41.1 Å². The monoisotopic (exact) mass is 220 g/mol. The van der Waals surface area contributed by atoms with Crippen molar-refractivity contribution in [1.29, 1.82) is 0 Å². The Hall–Kier alpha value is -1.16. The summed E-state index contributed by atoms with van der Waals surface area (Å²) in [5.74, 6) is 2.47. The van der Waals surface area contributed by atoms with Gasteiger partial charge in [-0.3, -0.25) is 0 Å². The van der Waals surface area contributed by atoms with Crippen LogP contribution in [0.1, 0.15) is 30.3 Å². The molecule has 1 aliphatic heterocycles. The molecule has 4 heteroatoms. The molecule has 0 spiro atoms. The third kappa shape index (κ3) is 2.50. The van der Waals surface area contributed by atoms with Crippen molar-refractivity contribution in [2.45, 2.75) is 25.7 Å². The second-order valence-electron chi connectivity index (χ2n) is 4.58. The highest BCUT2D eigenvalue weighted by Gasteiger charge is 2.21. The number of hydrogen-bond donors (Lipinski definition) is 1. The van der Waals surface area contributed by atoms with Gasteiger partial charge < -0.3 is 10.2 Å². The van der Waals surface area contributed by atoms with E-state index < -0.39 is 0 Å². The SMILES string of the molecule is CNc1cc(C)nc(C2CCN(C)CC2)n1. The summed E-state index contributed by atoms with van der Waals surface area (Å²) in [6, 6.07) is 1.98. The van der Waals surface area contributed by atoms with E-state index in [-0.39, 0.29) is 0 Å². The van der Waals surface area contributed by atoms with E-state index in [1.807, 2.05) is 20.0 Å². The summed E-state index contributed by atoms with van der Waals surface area (Å²) in [4.78, 5) is 11.5. The molecule has 0 saturated carbocycles. The summed E-state index contributed by atoms with van der Waals surface area (Å²) in [5, 5.41) is 3.09. The fourth-order valence-corrected chi connectivity index (χ4v) is 2.17. The average Bonchev–Trinajstić information content (AvgIpc) is 2.29. The molecule has 0 bridgehead atoms. The van der Waals surface area contributed by atoms with Crippen LogP contribution in [0.5, 0.6) is 0 Å². The number of nitrogens with one attached hydrogen (secondary N) is 1. The smallest absolute Gasteiger partial charge is 0.134 e. The van der Waals surface area contributed by atoms with Crippen molar-refractivity contribution in [2.75, 3.05) is 32.5 Å². The van der Waals surface area contributed by atoms with Crippen LogP contribution in [0.15, 0.2) is 6.07 Å². The van der Waals surface area contributed by atoms with Gasteiger partial charge in [-0.2, -0.15) is 0 Å². The summed E-state index contributed by atoms with van der Waals surface area (Å²) >= 11 is 0. The second kappa shape index (κ2) is 4.78. The highest BCUT2D eigenvalue weighted by Crippen LogP contribution is 2.25. The van der Waals surface area contributed by atoms with Gasteiger partial charge in [0, 0.05) is 24.7 Å². The Morgan fingerprint density at radius 2 is 2.00 bits per heavy atom. The number of aryl methyl sites for hydroxylation is 1. The van der Waals surface area contributed by atoms with Gasteiger partial charge in [0.15, 0.2) is 0 Å². The molecule has 0 aliphatic carbocycles. The molecule has 4 nitrogen and oxygen atoms in total. The van der Waals surface area contributed by atoms with Gasteiger partial charge in [0.05, 0.1) is 0 Å². The van der Waals surface area contributed by atoms with Gasteiger partial charge in [-0.1, -0.05) is 0 Å². The standard InChI is InChI=1S/C12H20N4/c1-9-8-11(13-2)15-12(14-9)10-4-6-16(3)7-5-10/h8,10H,4-7H2,1-3H3,(H,13,14,15). The van der Waals surface area contributed by atoms with E-state index in [1.165, 1.54) is 12.8 Å². The van der Waals surface area contributed by atoms with E-state index in [2.05, 4.69) is 27.2 Å². The molecule has 2 heterocycles. The fraction of sp³-hybridized carbons (Fsp3) is 0.667. The Bertz CT molecular complexity index is 356. The maximum absolute atomic E-state index is 4.56. The first-order chi connectivity index (χ1) is 7.69. The molecule has 1 saturated heterocycles. The van der Waals surface area contributed by atoms with Crippen molar-refractivity contribution in [2.24, 2.45) is 0 Å². The van der Waals surface area contributed by atoms with Crippen molar-refractivity contribution in [3.05, 3.63) is 17.6 Å². The van der Waals surface area contributed by atoms with Crippen LogP contribution >= 0.6 is 0 Å². The largest absolute Gasteiger partial charge is 0.373 e. The molecule has 2 rings (SSSR count). The second-order valence-corrected chi connectivity index (χ2v) is 4.58. The zero-order chi connectivity index (χ0) is 11.5. The lowest BCUT2D eigenvalue weighted by Crippen LogP contribution is -2.30. The summed E-state index contributed by atoms with van der Waals surface area (Å²) in [7, 11) is 4.08. The van der Waals surface area contributed by atoms with E-state index in [0.717, 1.165) is 30.4 Å². The summed E-state index contributed by atoms with van der Waals surface area (Å²) < 4.78 is 0. The molecule has 1 aromatic rings. The maximum Gasteiger partial charge on any atom is 0.134 e. The van der Waals surface area contributed by atoms with Crippen molar-refractivity contribution in [3.63, 3.8) is 0 Å². The van der Waals surface area contributed by atoms with E-state index in [1.54, 1.807) is 0 Å². The number of hydrogen-bond acceptors (Lipinski definition) is 4. The van der Waals surface area contributed by atoms with Crippen LogP contribution in [-0.2, 0) is 0 Å². The summed E-state index contributed by atoms with van der Waals surface area (Å²) in [6.07, 6.45) is 2.34. The minimum atomic E-state index is 0.531. The van der Waals surface area contributed by atoms with Gasteiger partial charge in [0.2, 0.25) is 0 Å². The van der Waals surface area contributed by atoms with Crippen molar-refractivity contribution < 1.29 is 0 Å². The molecule has 1 aromatic heterocycles. The quantitative estimate of drug-likeness (QED) is 0.822. The Morgan fingerprint density at radius 3 is 2.62 bits per heavy atom. The fourth-order valence-electron chi connectivity index (χ4n) is 2.17. The third-order valence-corrected chi connectivity index (χ3v) is 3.21. The number of piperidine rings is 1. The van der Waals surface area contributed by atoms with E-state index >= 15 is 0 Å². The molecule has 0 atom stereocenters. The van der Waals surface area contributed by atoms with Crippen LogP contribution in [-0.4, -0.2) is 42.1 Å². The van der Waals surface area contributed by atoms with Crippen molar-refractivity contribution in [3.8, 4) is 0 Å². The zero-order valence-electron chi connectivity index (χ0n) is 10.3. The molecular weight excluding hydrogens is 200 g/mol. The van der Waals surface area contributed by atoms with Crippen LogP contribution < -0.4 is 5.32 Å². The first-order valence-corrected chi connectivity index (χ1v) is 5.91. The molecule has 0 aromatic carbocycles. The van der Waals surface area contributed by atoms with Gasteiger partial charge in [-0.25, -0.2) is 9.97 Å². The van der Waals surface area contributed by atoms with Gasteiger partial charge in [-0.05, 0) is 39.9 Å². The van der Waals surface area contributed by atoms with Crippen LogP contribution in [0, 0.1) is 6.92 Å². The molecule has 1 fully saturated rings. The summed E-state index contributed by atoms with van der Waals surface area (Å²) in [6.45, 7) is 4.33. The number of likely N-dealkylation sites (tertiary alicyclic amines) is 1. The normalized spacial score (nSPS) is 18.7. The molecule has 0 unspecified atom stereocenters. The molecular formula is C12H20N4. The molecule has 88 valence electrons. The highest BCUT2D eigenvalue weighted by atomic mass is 15.1. The predicted octanol–water partition coefficient (Wildman–Crippen LogP) is 1.64. The van der Waals surface area contributed by atoms with E-state index in [9.17, 15) is 0 Å². The highest BCUT2D eigenvalue weighted by molar-refractivity contribution is 5.35. The summed E-state index contributed by atoms with van der Waals surface area (Å²) in [5.41, 5.74) is 1.05. The van der Waals surface area contributed by atoms with Crippen LogP contribution in [0.25, 0.3) is 0 Å². The van der Waals surface area contributed by atoms with Crippen LogP contribution in [0.3, 0.4) is 0 Å². The van der Waals surface area contributed by atoms with Gasteiger partial charge in [-0.15, -0.1) is 0 Å². The average molecular weight is 220 g/mol. The number of rotatable bonds is 2. The Morgan fingerprint density at radius 1 is 1.31 bits per heavy atom. The Balaban J connectivity index is 2.16. The number of anilines is 1. The minimum Gasteiger partial charge on any atom is -0.373 e. The van der Waals surface area contributed by atoms with Gasteiger partial charge in [0.1, 0.15) is 11.6 Å². The molecule has 1 N–H and O–H groups in total. The van der Waals surface area contributed by atoms with Crippen LogP contribution in [0.4, 0.5) is 5.82 Å². The molecule has 1 aliphatic rings. The van der Waals surface area contributed by atoms with E-state index in [4.69, 9.17) is 0 Å². The first-order valence-electron chi connectivity index (χ1n) is 5.91. The van der Waals surface area contributed by atoms with Crippen LogP contribution in [0.2, 0.25) is 0 Å². The zero-order valence-corrected chi connectivity index (χ0v) is 10.3. The maximum atomic E-state index is 4.56. The Labute approximate surface area is 97.1 Å². The Kier molecular flexibility index (Phi) is 3.39. The minimum absolute atomic E-state index is 0.531. The lowest BCUT2D eigenvalue weighted by molar-refractivity contribution is 0.251.